The standard InChI is InChI=1S/C10H11BrO2/c1-8(12)13-10(11)7-9-5-3-2-4-6-9/h2-6,10H,7H2,1H3. The van der Waals surface area contributed by atoms with Crippen LogP contribution in [0, 0.1) is 0 Å². The van der Waals surface area contributed by atoms with E-state index in [0.717, 1.165) is 5.56 Å². The molecule has 3 heteroatoms. The van der Waals surface area contributed by atoms with Crippen LogP contribution in [-0.2, 0) is 16.0 Å². The van der Waals surface area contributed by atoms with E-state index in [-0.39, 0.29) is 11.0 Å². The monoisotopic (exact) mass is 242 g/mol. The first-order valence-corrected chi connectivity index (χ1v) is 4.95. The molecule has 70 valence electrons. The summed E-state index contributed by atoms with van der Waals surface area (Å²) < 4.78 is 4.93. The molecule has 0 amide bonds. The van der Waals surface area contributed by atoms with E-state index in [4.69, 9.17) is 4.74 Å². The minimum Gasteiger partial charge on any atom is -0.451 e. The van der Waals surface area contributed by atoms with Gasteiger partial charge < -0.3 is 4.74 Å². The van der Waals surface area contributed by atoms with Gasteiger partial charge in [0.1, 0.15) is 0 Å². The van der Waals surface area contributed by atoms with Crippen molar-refractivity contribution in [1.82, 2.24) is 0 Å². The van der Waals surface area contributed by atoms with Gasteiger partial charge in [-0.1, -0.05) is 30.3 Å². The number of rotatable bonds is 3. The number of alkyl halides is 1. The highest BCUT2D eigenvalue weighted by atomic mass is 79.9. The average molecular weight is 243 g/mol. The summed E-state index contributed by atoms with van der Waals surface area (Å²) in [7, 11) is 0. The van der Waals surface area contributed by atoms with Crippen molar-refractivity contribution >= 4 is 21.9 Å². The molecule has 0 aliphatic rings. The molecule has 0 aliphatic carbocycles. The van der Waals surface area contributed by atoms with Crippen LogP contribution in [-0.4, -0.2) is 11.0 Å². The van der Waals surface area contributed by atoms with Crippen LogP contribution in [0.3, 0.4) is 0 Å². The van der Waals surface area contributed by atoms with Crippen molar-refractivity contribution in [2.24, 2.45) is 0 Å². The fourth-order valence-electron chi connectivity index (χ4n) is 1.02. The van der Waals surface area contributed by atoms with E-state index in [2.05, 4.69) is 15.9 Å². The number of hydrogen-bond donors (Lipinski definition) is 0. The predicted molar refractivity (Wildman–Crippen MR) is 54.6 cm³/mol. The van der Waals surface area contributed by atoms with Gasteiger partial charge >= 0.3 is 5.97 Å². The molecule has 13 heavy (non-hydrogen) atoms. The van der Waals surface area contributed by atoms with Crippen molar-refractivity contribution in [2.75, 3.05) is 0 Å². The summed E-state index contributed by atoms with van der Waals surface area (Å²) >= 11 is 3.27. The lowest BCUT2D eigenvalue weighted by molar-refractivity contribution is -0.142. The normalized spacial score (nSPS) is 12.2. The van der Waals surface area contributed by atoms with Crippen molar-refractivity contribution in [2.45, 2.75) is 18.4 Å². The summed E-state index contributed by atoms with van der Waals surface area (Å²) in [5, 5.41) is -0.229. The Morgan fingerprint density at radius 2 is 2.08 bits per heavy atom. The van der Waals surface area contributed by atoms with E-state index in [1.807, 2.05) is 30.3 Å². The minimum absolute atomic E-state index is 0.229. The number of ether oxygens (including phenoxy) is 1. The van der Waals surface area contributed by atoms with Crippen LogP contribution in [0.15, 0.2) is 30.3 Å². The fraction of sp³-hybridized carbons (Fsp3) is 0.300. The molecule has 0 N–H and O–H groups in total. The molecule has 1 aromatic carbocycles. The maximum Gasteiger partial charge on any atom is 0.303 e. The van der Waals surface area contributed by atoms with Gasteiger partial charge in [0.15, 0.2) is 5.01 Å². The summed E-state index contributed by atoms with van der Waals surface area (Å²) in [6, 6.07) is 9.87. The zero-order valence-electron chi connectivity index (χ0n) is 7.37. The van der Waals surface area contributed by atoms with E-state index < -0.39 is 0 Å². The van der Waals surface area contributed by atoms with E-state index in [1.54, 1.807) is 0 Å². The van der Waals surface area contributed by atoms with Crippen molar-refractivity contribution in [3.05, 3.63) is 35.9 Å². The number of hydrogen-bond acceptors (Lipinski definition) is 2. The lowest BCUT2D eigenvalue weighted by atomic mass is 10.2. The molecule has 1 aromatic rings. The van der Waals surface area contributed by atoms with E-state index >= 15 is 0 Å². The first kappa shape index (κ1) is 10.3. The molecular weight excluding hydrogens is 232 g/mol. The highest BCUT2D eigenvalue weighted by Gasteiger charge is 2.07. The third-order valence-electron chi connectivity index (χ3n) is 1.53. The lowest BCUT2D eigenvalue weighted by Crippen LogP contribution is -2.11. The molecule has 0 bridgehead atoms. The topological polar surface area (TPSA) is 26.3 Å². The molecule has 0 aromatic heterocycles. The Morgan fingerprint density at radius 1 is 1.46 bits per heavy atom. The first-order valence-electron chi connectivity index (χ1n) is 4.03. The number of benzene rings is 1. The Balaban J connectivity index is 2.45. The smallest absolute Gasteiger partial charge is 0.303 e. The summed E-state index contributed by atoms with van der Waals surface area (Å²) in [6.45, 7) is 1.40. The SMILES string of the molecule is CC(=O)OC(Br)Cc1ccccc1. The molecule has 1 unspecified atom stereocenters. The fourth-order valence-corrected chi connectivity index (χ4v) is 1.66. The van der Waals surface area contributed by atoms with Crippen molar-refractivity contribution < 1.29 is 9.53 Å². The quantitative estimate of drug-likeness (QED) is 0.602. The van der Waals surface area contributed by atoms with Gasteiger partial charge in [0.2, 0.25) is 0 Å². The summed E-state index contributed by atoms with van der Waals surface area (Å²) in [4.78, 5) is 10.6. The van der Waals surface area contributed by atoms with Crippen LogP contribution in [0.2, 0.25) is 0 Å². The van der Waals surface area contributed by atoms with E-state index in [0.29, 0.717) is 6.42 Å². The molecule has 0 fully saturated rings. The Hall–Kier alpha value is -0.830. The molecule has 0 spiro atoms. The van der Waals surface area contributed by atoms with Crippen LogP contribution in [0.4, 0.5) is 0 Å². The van der Waals surface area contributed by atoms with Crippen LogP contribution in [0.1, 0.15) is 12.5 Å². The van der Waals surface area contributed by atoms with Crippen molar-refractivity contribution in [3.8, 4) is 0 Å². The van der Waals surface area contributed by atoms with E-state index in [9.17, 15) is 4.79 Å². The Kier molecular flexibility index (Phi) is 3.96. The van der Waals surface area contributed by atoms with Gasteiger partial charge in [0.05, 0.1) is 0 Å². The third kappa shape index (κ3) is 4.08. The molecule has 0 aliphatic heterocycles. The van der Waals surface area contributed by atoms with Crippen molar-refractivity contribution in [1.29, 1.82) is 0 Å². The molecule has 0 saturated heterocycles. The maximum absolute atomic E-state index is 10.6. The van der Waals surface area contributed by atoms with Gasteiger partial charge in [-0.3, -0.25) is 4.79 Å². The van der Waals surface area contributed by atoms with Crippen LogP contribution in [0.25, 0.3) is 0 Å². The van der Waals surface area contributed by atoms with Gasteiger partial charge in [-0.05, 0) is 21.5 Å². The Morgan fingerprint density at radius 3 is 2.62 bits per heavy atom. The Labute approximate surface area is 86.0 Å². The summed E-state index contributed by atoms with van der Waals surface area (Å²) in [5.41, 5.74) is 1.14. The van der Waals surface area contributed by atoms with Crippen LogP contribution < -0.4 is 0 Å². The van der Waals surface area contributed by atoms with Gasteiger partial charge in [0.25, 0.3) is 0 Å². The molecule has 1 atom stereocenters. The zero-order chi connectivity index (χ0) is 9.68. The number of halogens is 1. The third-order valence-corrected chi connectivity index (χ3v) is 2.04. The molecule has 0 saturated carbocycles. The second kappa shape index (κ2) is 5.02. The van der Waals surface area contributed by atoms with Gasteiger partial charge in [-0.25, -0.2) is 0 Å². The van der Waals surface area contributed by atoms with Gasteiger partial charge in [-0.15, -0.1) is 0 Å². The summed E-state index contributed by atoms with van der Waals surface area (Å²) in [6.07, 6.45) is 0.695. The molecule has 2 nitrogen and oxygen atoms in total. The van der Waals surface area contributed by atoms with Gasteiger partial charge in [0, 0.05) is 13.3 Å². The number of carbonyl (C=O) groups excluding carboxylic acids is 1. The number of esters is 1. The molecule has 0 radical (unpaired) electrons. The molecular formula is C10H11BrO2. The second-order valence-electron chi connectivity index (χ2n) is 2.71. The Bertz CT molecular complexity index is 272. The number of carbonyl (C=O) groups is 1. The average Bonchev–Trinajstić information content (AvgIpc) is 2.04. The minimum atomic E-state index is -0.266. The zero-order valence-corrected chi connectivity index (χ0v) is 8.95. The van der Waals surface area contributed by atoms with Crippen LogP contribution in [0.5, 0.6) is 0 Å². The lowest BCUT2D eigenvalue weighted by Gasteiger charge is -2.09. The molecule has 0 heterocycles. The molecule has 1 rings (SSSR count). The van der Waals surface area contributed by atoms with E-state index in [1.165, 1.54) is 6.92 Å². The highest BCUT2D eigenvalue weighted by molar-refractivity contribution is 9.09. The summed E-state index contributed by atoms with van der Waals surface area (Å²) in [5.74, 6) is -0.266. The largest absolute Gasteiger partial charge is 0.451 e. The maximum atomic E-state index is 10.6. The van der Waals surface area contributed by atoms with Crippen molar-refractivity contribution in [3.63, 3.8) is 0 Å². The predicted octanol–water partition coefficient (Wildman–Crippen LogP) is 2.51. The van der Waals surface area contributed by atoms with Gasteiger partial charge in [-0.2, -0.15) is 0 Å². The first-order chi connectivity index (χ1) is 6.18. The van der Waals surface area contributed by atoms with Crippen LogP contribution >= 0.6 is 15.9 Å². The highest BCUT2D eigenvalue weighted by Crippen LogP contribution is 2.10. The second-order valence-corrected chi connectivity index (χ2v) is 3.73.